The SMILES string of the molecule is C=CCn1c(Cc2cccc3ccccc23)nnc1SCC(=O)Nc1c(C)cc(Br)cc1C. The van der Waals surface area contributed by atoms with Gasteiger partial charge in [-0.1, -0.05) is 76.2 Å². The zero-order chi connectivity index (χ0) is 23.4. The van der Waals surface area contributed by atoms with Crippen LogP contribution in [0.4, 0.5) is 5.69 Å². The molecule has 1 heterocycles. The van der Waals surface area contributed by atoms with Crippen LogP contribution in [0.25, 0.3) is 10.8 Å². The van der Waals surface area contributed by atoms with Crippen molar-refractivity contribution in [3.63, 3.8) is 0 Å². The Morgan fingerprint density at radius 1 is 1.12 bits per heavy atom. The fourth-order valence-electron chi connectivity index (χ4n) is 3.90. The van der Waals surface area contributed by atoms with E-state index in [2.05, 4.69) is 74.4 Å². The van der Waals surface area contributed by atoms with E-state index in [1.165, 1.54) is 28.1 Å². The molecule has 0 bridgehead atoms. The fraction of sp³-hybridized carbons (Fsp3) is 0.192. The van der Waals surface area contributed by atoms with E-state index in [4.69, 9.17) is 0 Å². The lowest BCUT2D eigenvalue weighted by molar-refractivity contribution is -0.113. The number of fused-ring (bicyclic) bond motifs is 1. The highest BCUT2D eigenvalue weighted by atomic mass is 79.9. The number of rotatable bonds is 8. The molecular formula is C26H25BrN4OS. The number of carbonyl (C=O) groups excluding carboxylic acids is 1. The Bertz CT molecular complexity index is 1300. The van der Waals surface area contributed by atoms with Crippen LogP contribution in [0.5, 0.6) is 0 Å². The van der Waals surface area contributed by atoms with Crippen molar-refractivity contribution in [2.24, 2.45) is 0 Å². The molecule has 0 saturated heterocycles. The highest BCUT2D eigenvalue weighted by molar-refractivity contribution is 9.10. The number of nitrogens with zero attached hydrogens (tertiary/aromatic N) is 3. The molecule has 4 rings (SSSR count). The number of anilines is 1. The highest BCUT2D eigenvalue weighted by Gasteiger charge is 2.16. The van der Waals surface area contributed by atoms with Gasteiger partial charge in [-0.3, -0.25) is 4.79 Å². The molecular weight excluding hydrogens is 496 g/mol. The van der Waals surface area contributed by atoms with E-state index < -0.39 is 0 Å². The first kappa shape index (κ1) is 23.3. The molecule has 33 heavy (non-hydrogen) atoms. The summed E-state index contributed by atoms with van der Waals surface area (Å²) >= 11 is 4.88. The van der Waals surface area contributed by atoms with E-state index in [9.17, 15) is 4.79 Å². The van der Waals surface area contributed by atoms with Gasteiger partial charge < -0.3 is 9.88 Å². The predicted molar refractivity (Wildman–Crippen MR) is 140 cm³/mol. The van der Waals surface area contributed by atoms with Crippen LogP contribution >= 0.6 is 27.7 Å². The third kappa shape index (κ3) is 5.37. The molecule has 1 amide bonds. The molecule has 1 aromatic heterocycles. The molecule has 0 unspecified atom stereocenters. The van der Waals surface area contributed by atoms with Gasteiger partial charge >= 0.3 is 0 Å². The largest absolute Gasteiger partial charge is 0.325 e. The summed E-state index contributed by atoms with van der Waals surface area (Å²) in [5, 5.41) is 15.0. The smallest absolute Gasteiger partial charge is 0.234 e. The maximum absolute atomic E-state index is 12.7. The number of halogens is 1. The molecule has 0 aliphatic carbocycles. The molecule has 0 saturated carbocycles. The van der Waals surface area contributed by atoms with Crippen molar-refractivity contribution in [2.75, 3.05) is 11.1 Å². The molecule has 0 aliphatic rings. The van der Waals surface area contributed by atoms with Gasteiger partial charge in [-0.15, -0.1) is 16.8 Å². The Balaban J connectivity index is 1.50. The van der Waals surface area contributed by atoms with Gasteiger partial charge in [0, 0.05) is 23.1 Å². The van der Waals surface area contributed by atoms with Crippen molar-refractivity contribution >= 4 is 50.1 Å². The van der Waals surface area contributed by atoms with E-state index >= 15 is 0 Å². The van der Waals surface area contributed by atoms with Crippen LogP contribution in [0, 0.1) is 13.8 Å². The van der Waals surface area contributed by atoms with Gasteiger partial charge in [0.15, 0.2) is 5.16 Å². The fourth-order valence-corrected chi connectivity index (χ4v) is 5.35. The number of aryl methyl sites for hydroxylation is 2. The molecule has 168 valence electrons. The van der Waals surface area contributed by atoms with E-state index in [1.54, 1.807) is 0 Å². The maximum Gasteiger partial charge on any atom is 0.234 e. The number of hydrogen-bond acceptors (Lipinski definition) is 4. The number of aromatic nitrogens is 3. The van der Waals surface area contributed by atoms with Crippen molar-refractivity contribution in [1.82, 2.24) is 14.8 Å². The van der Waals surface area contributed by atoms with Crippen LogP contribution in [0.1, 0.15) is 22.5 Å². The van der Waals surface area contributed by atoms with Gasteiger partial charge in [0.05, 0.1) is 5.75 Å². The van der Waals surface area contributed by atoms with E-state index in [1.807, 2.05) is 42.7 Å². The quantitative estimate of drug-likeness (QED) is 0.218. The zero-order valence-electron chi connectivity index (χ0n) is 18.6. The van der Waals surface area contributed by atoms with Crippen LogP contribution in [-0.4, -0.2) is 26.4 Å². The minimum atomic E-state index is -0.0720. The van der Waals surface area contributed by atoms with Crippen molar-refractivity contribution in [2.45, 2.75) is 32.0 Å². The van der Waals surface area contributed by atoms with Crippen molar-refractivity contribution < 1.29 is 4.79 Å². The van der Waals surface area contributed by atoms with Crippen LogP contribution in [-0.2, 0) is 17.8 Å². The average molecular weight is 521 g/mol. The van der Waals surface area contributed by atoms with Crippen molar-refractivity contribution in [1.29, 1.82) is 0 Å². The number of nitrogens with one attached hydrogen (secondary N) is 1. The topological polar surface area (TPSA) is 59.8 Å². The van der Waals surface area contributed by atoms with Crippen LogP contribution in [0.15, 0.2) is 76.9 Å². The lowest BCUT2D eigenvalue weighted by Gasteiger charge is -2.12. The monoisotopic (exact) mass is 520 g/mol. The van der Waals surface area contributed by atoms with Gasteiger partial charge in [0.1, 0.15) is 5.82 Å². The zero-order valence-corrected chi connectivity index (χ0v) is 21.0. The van der Waals surface area contributed by atoms with E-state index in [0.717, 1.165) is 27.1 Å². The van der Waals surface area contributed by atoms with E-state index in [0.29, 0.717) is 18.1 Å². The summed E-state index contributed by atoms with van der Waals surface area (Å²) in [6.45, 7) is 8.44. The lowest BCUT2D eigenvalue weighted by atomic mass is 10.0. The first-order chi connectivity index (χ1) is 16.0. The average Bonchev–Trinajstić information content (AvgIpc) is 3.16. The van der Waals surface area contributed by atoms with Gasteiger partial charge in [-0.2, -0.15) is 0 Å². The second-order valence-electron chi connectivity index (χ2n) is 7.86. The lowest BCUT2D eigenvalue weighted by Crippen LogP contribution is -2.16. The van der Waals surface area contributed by atoms with Gasteiger partial charge in [0.2, 0.25) is 5.91 Å². The number of amides is 1. The summed E-state index contributed by atoms with van der Waals surface area (Å²) in [6, 6.07) is 18.6. The molecule has 0 spiro atoms. The molecule has 7 heteroatoms. The van der Waals surface area contributed by atoms with Gasteiger partial charge in [-0.25, -0.2) is 0 Å². The molecule has 0 atom stereocenters. The number of hydrogen-bond donors (Lipinski definition) is 1. The van der Waals surface area contributed by atoms with Crippen LogP contribution < -0.4 is 5.32 Å². The minimum Gasteiger partial charge on any atom is -0.325 e. The first-order valence-corrected chi connectivity index (χ1v) is 12.4. The summed E-state index contributed by atoms with van der Waals surface area (Å²) in [7, 11) is 0. The van der Waals surface area contributed by atoms with E-state index in [-0.39, 0.29) is 11.7 Å². The molecule has 5 nitrogen and oxygen atoms in total. The molecule has 0 radical (unpaired) electrons. The van der Waals surface area contributed by atoms with Gasteiger partial charge in [0.25, 0.3) is 0 Å². The molecule has 0 fully saturated rings. The normalized spacial score (nSPS) is 11.0. The Morgan fingerprint density at radius 2 is 1.85 bits per heavy atom. The standard InChI is InChI=1S/C26H25BrN4OS/c1-4-12-31-23(15-20-10-7-9-19-8-5-6-11-22(19)20)29-30-26(31)33-16-24(32)28-25-17(2)13-21(27)14-18(25)3/h4-11,13-14H,1,12,15-16H2,2-3H3,(H,28,32). The number of allylic oxidation sites excluding steroid dienone is 1. The number of benzene rings is 3. The summed E-state index contributed by atoms with van der Waals surface area (Å²) in [5.74, 6) is 1.03. The van der Waals surface area contributed by atoms with Crippen molar-refractivity contribution in [3.8, 4) is 0 Å². The molecule has 1 N–H and O–H groups in total. The van der Waals surface area contributed by atoms with Crippen LogP contribution in [0.2, 0.25) is 0 Å². The number of thioether (sulfide) groups is 1. The molecule has 4 aromatic rings. The Morgan fingerprint density at radius 3 is 2.61 bits per heavy atom. The summed E-state index contributed by atoms with van der Waals surface area (Å²) in [6.07, 6.45) is 2.49. The molecule has 0 aliphatic heterocycles. The Hall–Kier alpha value is -2.90. The van der Waals surface area contributed by atoms with Gasteiger partial charge in [-0.05, 0) is 53.4 Å². The Labute approximate surface area is 206 Å². The summed E-state index contributed by atoms with van der Waals surface area (Å²) < 4.78 is 3.03. The first-order valence-electron chi connectivity index (χ1n) is 10.6. The predicted octanol–water partition coefficient (Wildman–Crippen LogP) is 6.32. The number of carbonyl (C=O) groups is 1. The maximum atomic E-state index is 12.7. The minimum absolute atomic E-state index is 0.0720. The third-order valence-corrected chi connectivity index (χ3v) is 6.85. The summed E-state index contributed by atoms with van der Waals surface area (Å²) in [5.41, 5.74) is 4.09. The third-order valence-electron chi connectivity index (χ3n) is 5.43. The molecule has 3 aromatic carbocycles. The second-order valence-corrected chi connectivity index (χ2v) is 9.72. The van der Waals surface area contributed by atoms with Crippen LogP contribution in [0.3, 0.4) is 0 Å². The second kappa shape index (κ2) is 10.4. The Kier molecular flexibility index (Phi) is 7.30. The highest BCUT2D eigenvalue weighted by Crippen LogP contribution is 2.26. The summed E-state index contributed by atoms with van der Waals surface area (Å²) in [4.78, 5) is 12.7. The van der Waals surface area contributed by atoms with Crippen molar-refractivity contribution in [3.05, 3.63) is 94.2 Å².